The fourth-order valence-corrected chi connectivity index (χ4v) is 3.69. The molecule has 0 aliphatic heterocycles. The number of aryl methyl sites for hydroxylation is 1. The minimum atomic E-state index is -3.94. The summed E-state index contributed by atoms with van der Waals surface area (Å²) in [7, 11) is -3.94. The van der Waals surface area contributed by atoms with E-state index in [2.05, 4.69) is 10.3 Å². The quantitative estimate of drug-likeness (QED) is 0.695. The van der Waals surface area contributed by atoms with Crippen LogP contribution in [-0.4, -0.2) is 19.9 Å². The van der Waals surface area contributed by atoms with E-state index in [1.807, 2.05) is 38.1 Å². The molecule has 0 spiro atoms. The van der Waals surface area contributed by atoms with Crippen LogP contribution in [0.3, 0.4) is 0 Å². The molecule has 5 nitrogen and oxygen atoms in total. The van der Waals surface area contributed by atoms with E-state index in [-0.39, 0.29) is 21.7 Å². The number of hydrogen-bond acceptors (Lipinski definition) is 5. The monoisotopic (exact) mass is 360 g/mol. The number of nitrogens with zero attached hydrogens (tertiary/aromatic N) is 1. The van der Waals surface area contributed by atoms with Crippen LogP contribution in [0.25, 0.3) is 11.5 Å². The van der Waals surface area contributed by atoms with Crippen molar-refractivity contribution < 1.29 is 17.2 Å². The van der Waals surface area contributed by atoms with E-state index in [4.69, 9.17) is 4.42 Å². The molecule has 0 unspecified atom stereocenters. The van der Waals surface area contributed by atoms with Crippen LogP contribution in [-0.2, 0) is 9.84 Å². The highest BCUT2D eigenvalue weighted by atomic mass is 32.2. The van der Waals surface area contributed by atoms with Crippen LogP contribution in [0.4, 0.5) is 10.3 Å². The third kappa shape index (κ3) is 3.28. The summed E-state index contributed by atoms with van der Waals surface area (Å²) in [6.45, 7) is 4.18. The Labute approximate surface area is 145 Å². The molecule has 2 aromatic carbocycles. The maximum absolute atomic E-state index is 13.1. The van der Waals surface area contributed by atoms with Crippen LogP contribution in [0.1, 0.15) is 12.5 Å². The molecular formula is C18H17FN2O3S. The lowest BCUT2D eigenvalue weighted by Crippen LogP contribution is -2.07. The van der Waals surface area contributed by atoms with Gasteiger partial charge in [-0.2, -0.15) is 4.98 Å². The molecule has 130 valence electrons. The highest BCUT2D eigenvalue weighted by molar-refractivity contribution is 7.91. The summed E-state index contributed by atoms with van der Waals surface area (Å²) >= 11 is 0. The third-order valence-corrected chi connectivity index (χ3v) is 5.37. The number of rotatable bonds is 5. The van der Waals surface area contributed by atoms with Gasteiger partial charge in [0.2, 0.25) is 26.6 Å². The van der Waals surface area contributed by atoms with Crippen molar-refractivity contribution in [3.63, 3.8) is 0 Å². The molecule has 0 amide bonds. The molecule has 0 fully saturated rings. The SMILES string of the molecule is CCNc1oc(-c2ccccc2C)nc1S(=O)(=O)c1ccc(F)cc1. The first-order valence-electron chi connectivity index (χ1n) is 7.75. The number of sulfone groups is 1. The summed E-state index contributed by atoms with van der Waals surface area (Å²) < 4.78 is 44.6. The summed E-state index contributed by atoms with van der Waals surface area (Å²) in [6.07, 6.45) is 0. The van der Waals surface area contributed by atoms with Gasteiger partial charge in [0.05, 0.1) is 4.90 Å². The Kier molecular flexibility index (Phi) is 4.59. The van der Waals surface area contributed by atoms with Crippen molar-refractivity contribution in [1.29, 1.82) is 0 Å². The van der Waals surface area contributed by atoms with Gasteiger partial charge in [-0.25, -0.2) is 12.8 Å². The highest BCUT2D eigenvalue weighted by Crippen LogP contribution is 2.33. The van der Waals surface area contributed by atoms with Crippen LogP contribution in [0, 0.1) is 12.7 Å². The van der Waals surface area contributed by atoms with E-state index in [0.717, 1.165) is 17.7 Å². The van der Waals surface area contributed by atoms with Crippen molar-refractivity contribution in [1.82, 2.24) is 4.98 Å². The Morgan fingerprint density at radius 2 is 1.80 bits per heavy atom. The Hall–Kier alpha value is -2.67. The predicted molar refractivity (Wildman–Crippen MR) is 92.7 cm³/mol. The molecule has 0 bridgehead atoms. The smallest absolute Gasteiger partial charge is 0.233 e. The second-order valence-corrected chi connectivity index (χ2v) is 7.32. The van der Waals surface area contributed by atoms with Gasteiger partial charge in [-0.15, -0.1) is 0 Å². The van der Waals surface area contributed by atoms with Gasteiger partial charge >= 0.3 is 0 Å². The zero-order valence-electron chi connectivity index (χ0n) is 13.8. The zero-order valence-corrected chi connectivity index (χ0v) is 14.6. The van der Waals surface area contributed by atoms with E-state index < -0.39 is 15.7 Å². The topological polar surface area (TPSA) is 72.2 Å². The molecule has 1 N–H and O–H groups in total. The summed E-state index contributed by atoms with van der Waals surface area (Å²) in [5.41, 5.74) is 1.62. The lowest BCUT2D eigenvalue weighted by Gasteiger charge is -2.04. The predicted octanol–water partition coefficient (Wildman–Crippen LogP) is 4.05. The fourth-order valence-electron chi connectivity index (χ4n) is 2.41. The average Bonchev–Trinajstić information content (AvgIpc) is 3.00. The van der Waals surface area contributed by atoms with Gasteiger partial charge in [0, 0.05) is 12.1 Å². The molecule has 0 radical (unpaired) electrons. The molecule has 1 aromatic heterocycles. The number of anilines is 1. The second-order valence-electron chi connectivity index (χ2n) is 5.46. The van der Waals surface area contributed by atoms with Crippen LogP contribution < -0.4 is 5.32 Å². The van der Waals surface area contributed by atoms with Crippen molar-refractivity contribution in [2.45, 2.75) is 23.8 Å². The number of halogens is 1. The van der Waals surface area contributed by atoms with Crippen LogP contribution in [0.15, 0.2) is 62.9 Å². The molecule has 0 aliphatic carbocycles. The molecule has 7 heteroatoms. The maximum atomic E-state index is 13.1. The fraction of sp³-hybridized carbons (Fsp3) is 0.167. The van der Waals surface area contributed by atoms with Crippen molar-refractivity contribution >= 4 is 15.7 Å². The van der Waals surface area contributed by atoms with Gasteiger partial charge in [0.1, 0.15) is 5.82 Å². The zero-order chi connectivity index (χ0) is 18.0. The second kappa shape index (κ2) is 6.68. The highest BCUT2D eigenvalue weighted by Gasteiger charge is 2.28. The number of nitrogens with one attached hydrogen (secondary N) is 1. The first-order valence-corrected chi connectivity index (χ1v) is 9.23. The molecular weight excluding hydrogens is 343 g/mol. The summed E-state index contributed by atoms with van der Waals surface area (Å²) in [4.78, 5) is 4.18. The van der Waals surface area contributed by atoms with Crippen molar-refractivity contribution in [3.8, 4) is 11.5 Å². The Morgan fingerprint density at radius 3 is 2.44 bits per heavy atom. The summed E-state index contributed by atoms with van der Waals surface area (Å²) in [6, 6.07) is 12.0. The van der Waals surface area contributed by atoms with Crippen LogP contribution >= 0.6 is 0 Å². The summed E-state index contributed by atoms with van der Waals surface area (Å²) in [5.74, 6) is -0.216. The molecule has 0 aliphatic rings. The molecule has 3 rings (SSSR count). The number of benzene rings is 2. The lowest BCUT2D eigenvalue weighted by atomic mass is 10.1. The van der Waals surface area contributed by atoms with Crippen LogP contribution in [0.5, 0.6) is 0 Å². The largest absolute Gasteiger partial charge is 0.419 e. The molecule has 0 saturated heterocycles. The van der Waals surface area contributed by atoms with E-state index in [1.165, 1.54) is 12.1 Å². The Balaban J connectivity index is 2.15. The number of aromatic nitrogens is 1. The Morgan fingerprint density at radius 1 is 1.12 bits per heavy atom. The molecule has 0 atom stereocenters. The van der Waals surface area contributed by atoms with Crippen molar-refractivity contribution in [2.75, 3.05) is 11.9 Å². The molecule has 1 heterocycles. The normalized spacial score (nSPS) is 11.5. The van der Waals surface area contributed by atoms with Crippen molar-refractivity contribution in [3.05, 3.63) is 59.9 Å². The Bertz CT molecular complexity index is 995. The van der Waals surface area contributed by atoms with Gasteiger partial charge in [-0.3, -0.25) is 0 Å². The minimum absolute atomic E-state index is 0.0438. The minimum Gasteiger partial charge on any atom is -0.419 e. The number of hydrogen-bond donors (Lipinski definition) is 1. The van der Waals surface area contributed by atoms with Gasteiger partial charge in [-0.1, -0.05) is 18.2 Å². The standard InChI is InChI=1S/C18H17FN2O3S/c1-3-20-17-18(25(22,23)14-10-8-13(19)9-11-14)21-16(24-17)15-7-5-4-6-12(15)2/h4-11,20H,3H2,1-2H3. The van der Waals surface area contributed by atoms with Crippen molar-refractivity contribution in [2.24, 2.45) is 0 Å². The van der Waals surface area contributed by atoms with E-state index in [0.29, 0.717) is 12.1 Å². The van der Waals surface area contributed by atoms with E-state index in [9.17, 15) is 12.8 Å². The van der Waals surface area contributed by atoms with Gasteiger partial charge in [0.15, 0.2) is 0 Å². The maximum Gasteiger partial charge on any atom is 0.233 e. The first kappa shape index (κ1) is 17.2. The molecule has 0 saturated carbocycles. The van der Waals surface area contributed by atoms with E-state index >= 15 is 0 Å². The lowest BCUT2D eigenvalue weighted by molar-refractivity contribution is 0.577. The first-order chi connectivity index (χ1) is 11.9. The number of oxazole rings is 1. The van der Waals surface area contributed by atoms with Crippen LogP contribution in [0.2, 0.25) is 0 Å². The van der Waals surface area contributed by atoms with Gasteiger partial charge in [0.25, 0.3) is 0 Å². The molecule has 3 aromatic rings. The molecule has 25 heavy (non-hydrogen) atoms. The van der Waals surface area contributed by atoms with Gasteiger partial charge < -0.3 is 9.73 Å². The summed E-state index contributed by atoms with van der Waals surface area (Å²) in [5, 5.41) is 2.68. The third-order valence-electron chi connectivity index (χ3n) is 3.69. The van der Waals surface area contributed by atoms with Gasteiger partial charge in [-0.05, 0) is 49.7 Å². The van der Waals surface area contributed by atoms with E-state index in [1.54, 1.807) is 0 Å². The average molecular weight is 360 g/mol.